The van der Waals surface area contributed by atoms with Crippen LogP contribution in [0.1, 0.15) is 31.7 Å². The van der Waals surface area contributed by atoms with Crippen molar-refractivity contribution in [1.29, 1.82) is 0 Å². The fourth-order valence-corrected chi connectivity index (χ4v) is 3.43. The fourth-order valence-electron chi connectivity index (χ4n) is 3.43. The second-order valence-electron chi connectivity index (χ2n) is 8.00. The largest absolute Gasteiger partial charge is 0.488 e. The highest BCUT2D eigenvalue weighted by Gasteiger charge is 2.32. The minimum absolute atomic E-state index is 0.138. The molecule has 2 aromatic carbocycles. The van der Waals surface area contributed by atoms with Crippen LogP contribution in [0.15, 0.2) is 47.0 Å². The summed E-state index contributed by atoms with van der Waals surface area (Å²) in [4.78, 5) is 16.3. The first kappa shape index (κ1) is 20.8. The van der Waals surface area contributed by atoms with Gasteiger partial charge in [-0.3, -0.25) is 4.79 Å². The Morgan fingerprint density at radius 3 is 2.84 bits per heavy atom. The molecule has 1 aliphatic heterocycles. The molecule has 162 valence electrons. The zero-order valence-electron chi connectivity index (χ0n) is 17.5. The van der Waals surface area contributed by atoms with Gasteiger partial charge < -0.3 is 19.3 Å². The van der Waals surface area contributed by atoms with Gasteiger partial charge in [-0.15, -0.1) is 0 Å². The summed E-state index contributed by atoms with van der Waals surface area (Å²) in [6.07, 6.45) is 1.37. The van der Waals surface area contributed by atoms with Crippen LogP contribution in [-0.2, 0) is 17.6 Å². The molecule has 0 unspecified atom stereocenters. The van der Waals surface area contributed by atoms with E-state index >= 15 is 0 Å². The van der Waals surface area contributed by atoms with E-state index in [1.54, 1.807) is 12.1 Å². The van der Waals surface area contributed by atoms with E-state index in [0.29, 0.717) is 42.6 Å². The van der Waals surface area contributed by atoms with Crippen molar-refractivity contribution in [1.82, 2.24) is 15.5 Å². The Balaban J connectivity index is 1.20. The SMILES string of the molecule is CC1(C)Cc2cccc(OCCNC(=O)CCc3nc(-c4ccc(F)cc4)no3)c2O1. The lowest BCUT2D eigenvalue weighted by atomic mass is 10.0. The maximum Gasteiger partial charge on any atom is 0.227 e. The summed E-state index contributed by atoms with van der Waals surface area (Å²) >= 11 is 0. The van der Waals surface area contributed by atoms with Crippen molar-refractivity contribution in [3.63, 3.8) is 0 Å². The van der Waals surface area contributed by atoms with Gasteiger partial charge in [-0.25, -0.2) is 4.39 Å². The van der Waals surface area contributed by atoms with Crippen molar-refractivity contribution in [2.45, 2.75) is 38.7 Å². The van der Waals surface area contributed by atoms with Crippen LogP contribution in [0.3, 0.4) is 0 Å². The van der Waals surface area contributed by atoms with Crippen LogP contribution in [0.5, 0.6) is 11.5 Å². The van der Waals surface area contributed by atoms with Gasteiger partial charge in [0.05, 0.1) is 6.54 Å². The predicted octanol–water partition coefficient (Wildman–Crippen LogP) is 3.72. The maximum absolute atomic E-state index is 13.0. The standard InChI is InChI=1S/C23H24FN3O4/c1-23(2)14-16-4-3-5-18(21(16)30-23)29-13-12-25-19(28)10-11-20-26-22(27-31-20)15-6-8-17(24)9-7-15/h3-9H,10-14H2,1-2H3,(H,25,28). The van der Waals surface area contributed by atoms with Crippen LogP contribution in [0.4, 0.5) is 4.39 Å². The number of benzene rings is 2. The third-order valence-electron chi connectivity index (χ3n) is 4.87. The van der Waals surface area contributed by atoms with Crippen LogP contribution in [0.25, 0.3) is 11.4 Å². The summed E-state index contributed by atoms with van der Waals surface area (Å²) in [5.41, 5.74) is 1.55. The van der Waals surface area contributed by atoms with Crippen LogP contribution < -0.4 is 14.8 Å². The lowest BCUT2D eigenvalue weighted by Gasteiger charge is -2.18. The summed E-state index contributed by atoms with van der Waals surface area (Å²) in [6, 6.07) is 11.7. The van der Waals surface area contributed by atoms with E-state index in [1.807, 2.05) is 32.0 Å². The zero-order chi connectivity index (χ0) is 21.8. The molecule has 0 aliphatic carbocycles. The van der Waals surface area contributed by atoms with E-state index in [9.17, 15) is 9.18 Å². The van der Waals surface area contributed by atoms with Crippen molar-refractivity contribution in [2.75, 3.05) is 13.2 Å². The Kier molecular flexibility index (Phi) is 5.88. The number of para-hydroxylation sites is 1. The molecule has 0 fully saturated rings. The molecular formula is C23H24FN3O4. The number of halogens is 1. The predicted molar refractivity (Wildman–Crippen MR) is 111 cm³/mol. The Morgan fingerprint density at radius 2 is 2.03 bits per heavy atom. The molecule has 1 amide bonds. The summed E-state index contributed by atoms with van der Waals surface area (Å²) in [5.74, 6) is 1.72. The van der Waals surface area contributed by atoms with E-state index in [1.165, 1.54) is 12.1 Å². The minimum Gasteiger partial charge on any atom is -0.488 e. The van der Waals surface area contributed by atoms with E-state index < -0.39 is 0 Å². The van der Waals surface area contributed by atoms with Crippen molar-refractivity contribution in [3.05, 3.63) is 59.7 Å². The number of fused-ring (bicyclic) bond motifs is 1. The maximum atomic E-state index is 13.0. The van der Waals surface area contributed by atoms with Crippen molar-refractivity contribution in [2.24, 2.45) is 0 Å². The summed E-state index contributed by atoms with van der Waals surface area (Å²) < 4.78 is 30.0. The highest BCUT2D eigenvalue weighted by atomic mass is 19.1. The smallest absolute Gasteiger partial charge is 0.227 e. The Labute approximate surface area is 179 Å². The normalized spacial score (nSPS) is 14.0. The molecule has 2 heterocycles. The molecule has 0 atom stereocenters. The van der Waals surface area contributed by atoms with Gasteiger partial charge >= 0.3 is 0 Å². The fraction of sp³-hybridized carbons (Fsp3) is 0.348. The van der Waals surface area contributed by atoms with Crippen LogP contribution >= 0.6 is 0 Å². The second kappa shape index (κ2) is 8.75. The summed E-state index contributed by atoms with van der Waals surface area (Å²) in [5, 5.41) is 6.69. The topological polar surface area (TPSA) is 86.5 Å². The van der Waals surface area contributed by atoms with E-state index in [2.05, 4.69) is 15.5 Å². The van der Waals surface area contributed by atoms with Gasteiger partial charge in [-0.2, -0.15) is 4.98 Å². The molecule has 0 radical (unpaired) electrons. The molecule has 8 heteroatoms. The molecule has 31 heavy (non-hydrogen) atoms. The number of rotatable bonds is 8. The molecule has 0 bridgehead atoms. The number of hydrogen-bond donors (Lipinski definition) is 1. The van der Waals surface area contributed by atoms with Crippen LogP contribution in [0, 0.1) is 5.82 Å². The third-order valence-corrected chi connectivity index (χ3v) is 4.87. The molecular weight excluding hydrogens is 401 g/mol. The number of amides is 1. The zero-order valence-corrected chi connectivity index (χ0v) is 17.5. The number of hydrogen-bond acceptors (Lipinski definition) is 6. The van der Waals surface area contributed by atoms with E-state index in [0.717, 1.165) is 17.7 Å². The molecule has 1 aliphatic rings. The summed E-state index contributed by atoms with van der Waals surface area (Å²) in [7, 11) is 0. The van der Waals surface area contributed by atoms with Gasteiger partial charge in [0.15, 0.2) is 11.5 Å². The highest BCUT2D eigenvalue weighted by Crippen LogP contribution is 2.41. The van der Waals surface area contributed by atoms with Crippen molar-refractivity contribution < 1.29 is 23.2 Å². The first-order chi connectivity index (χ1) is 14.9. The summed E-state index contributed by atoms with van der Waals surface area (Å²) in [6.45, 7) is 4.80. The molecule has 4 rings (SSSR count). The Bertz CT molecular complexity index is 1060. The number of nitrogens with zero attached hydrogens (tertiary/aromatic N) is 2. The van der Waals surface area contributed by atoms with Crippen molar-refractivity contribution in [3.8, 4) is 22.9 Å². The quantitative estimate of drug-likeness (QED) is 0.554. The first-order valence-electron chi connectivity index (χ1n) is 10.2. The van der Waals surface area contributed by atoms with Gasteiger partial charge in [-0.05, 0) is 44.2 Å². The number of nitrogens with one attached hydrogen (secondary N) is 1. The van der Waals surface area contributed by atoms with Crippen LogP contribution in [-0.4, -0.2) is 34.8 Å². The number of aromatic nitrogens is 2. The average molecular weight is 425 g/mol. The van der Waals surface area contributed by atoms with E-state index in [-0.39, 0.29) is 23.7 Å². The van der Waals surface area contributed by atoms with E-state index in [4.69, 9.17) is 14.0 Å². The molecule has 0 saturated heterocycles. The number of carbonyl (C=O) groups is 1. The number of aryl methyl sites for hydroxylation is 1. The van der Waals surface area contributed by atoms with Gasteiger partial charge in [-0.1, -0.05) is 17.3 Å². The number of carbonyl (C=O) groups excluding carboxylic acids is 1. The number of ether oxygens (including phenoxy) is 2. The lowest BCUT2D eigenvalue weighted by Crippen LogP contribution is -2.28. The second-order valence-corrected chi connectivity index (χ2v) is 8.00. The highest BCUT2D eigenvalue weighted by molar-refractivity contribution is 5.76. The molecule has 0 saturated carbocycles. The van der Waals surface area contributed by atoms with Crippen molar-refractivity contribution >= 4 is 5.91 Å². The minimum atomic E-state index is -0.332. The van der Waals surface area contributed by atoms with Crippen LogP contribution in [0.2, 0.25) is 0 Å². The molecule has 0 spiro atoms. The molecule has 7 nitrogen and oxygen atoms in total. The monoisotopic (exact) mass is 425 g/mol. The molecule has 1 N–H and O–H groups in total. The lowest BCUT2D eigenvalue weighted by molar-refractivity contribution is -0.121. The first-order valence-corrected chi connectivity index (χ1v) is 10.2. The average Bonchev–Trinajstić information content (AvgIpc) is 3.33. The third kappa shape index (κ3) is 5.20. The van der Waals surface area contributed by atoms with Gasteiger partial charge in [0, 0.05) is 30.4 Å². The Morgan fingerprint density at radius 1 is 1.23 bits per heavy atom. The van der Waals surface area contributed by atoms with Gasteiger partial charge in [0.25, 0.3) is 0 Å². The Hall–Kier alpha value is -3.42. The molecule has 1 aromatic heterocycles. The van der Waals surface area contributed by atoms with Gasteiger partial charge in [0.1, 0.15) is 18.0 Å². The van der Waals surface area contributed by atoms with Gasteiger partial charge in [0.2, 0.25) is 17.6 Å². The molecule has 3 aromatic rings.